The van der Waals surface area contributed by atoms with Gasteiger partial charge in [-0.2, -0.15) is 0 Å². The number of amides is 1. The first-order chi connectivity index (χ1) is 16.0. The van der Waals surface area contributed by atoms with Crippen LogP contribution in [-0.2, 0) is 22.4 Å². The normalized spacial score (nSPS) is 18.1. The summed E-state index contributed by atoms with van der Waals surface area (Å²) in [5.74, 6) is 0.0499. The van der Waals surface area contributed by atoms with E-state index in [1.807, 2.05) is 29.2 Å². The van der Waals surface area contributed by atoms with E-state index >= 15 is 0 Å². The van der Waals surface area contributed by atoms with Gasteiger partial charge in [0.25, 0.3) is 0 Å². The summed E-state index contributed by atoms with van der Waals surface area (Å²) in [6, 6.07) is 14.2. The number of aliphatic hydroxyl groups is 1. The number of esters is 1. The molecule has 1 aromatic carbocycles. The Morgan fingerprint density at radius 1 is 1.21 bits per heavy atom. The van der Waals surface area contributed by atoms with E-state index in [1.54, 1.807) is 6.07 Å². The molecule has 1 fully saturated rings. The quantitative estimate of drug-likeness (QED) is 0.350. The minimum Gasteiger partial charge on any atom is -0.465 e. The smallest absolute Gasteiger partial charge is 0.348 e. The van der Waals surface area contributed by atoms with Crippen LogP contribution in [-0.4, -0.2) is 47.7 Å². The van der Waals surface area contributed by atoms with Gasteiger partial charge in [-0.05, 0) is 62.1 Å². The molecule has 1 aromatic heterocycles. The van der Waals surface area contributed by atoms with Crippen molar-refractivity contribution in [2.24, 2.45) is 5.92 Å². The molecule has 0 radical (unpaired) electrons. The van der Waals surface area contributed by atoms with Crippen LogP contribution in [0.5, 0.6) is 0 Å². The van der Waals surface area contributed by atoms with Crippen LogP contribution in [0, 0.1) is 5.92 Å². The van der Waals surface area contributed by atoms with Crippen LogP contribution in [0.1, 0.15) is 59.1 Å². The van der Waals surface area contributed by atoms with Crippen LogP contribution in [0.25, 0.3) is 0 Å². The van der Waals surface area contributed by atoms with Gasteiger partial charge < -0.3 is 14.7 Å². The van der Waals surface area contributed by atoms with Crippen molar-refractivity contribution < 1.29 is 19.4 Å². The zero-order valence-corrected chi connectivity index (χ0v) is 20.4. The molecule has 0 spiro atoms. The molecule has 0 unspecified atom stereocenters. The number of carbonyl (C=O) groups is 2. The second kappa shape index (κ2) is 12.7. The SMILES string of the molecule is COC(=O)c1ccc(CCCN2C(=O)CC[C@@H]2/C=C/[C@@H](O)[C@@H](C)CCCc2ccccc2)s1. The second-order valence-corrected chi connectivity index (χ2v) is 9.95. The molecule has 1 amide bonds. The number of hydrogen-bond donors (Lipinski definition) is 1. The Labute approximate surface area is 201 Å². The average molecular weight is 470 g/mol. The molecular formula is C27H35NO4S. The van der Waals surface area contributed by atoms with Gasteiger partial charge in [0.1, 0.15) is 4.88 Å². The fraction of sp³-hybridized carbons (Fsp3) is 0.481. The van der Waals surface area contributed by atoms with Gasteiger partial charge in [-0.25, -0.2) is 4.79 Å². The lowest BCUT2D eigenvalue weighted by Crippen LogP contribution is -2.33. The summed E-state index contributed by atoms with van der Waals surface area (Å²) in [5.41, 5.74) is 1.33. The van der Waals surface area contributed by atoms with Crippen LogP contribution in [0.4, 0.5) is 0 Å². The lowest BCUT2D eigenvalue weighted by Gasteiger charge is -2.23. The van der Waals surface area contributed by atoms with Gasteiger partial charge >= 0.3 is 5.97 Å². The summed E-state index contributed by atoms with van der Waals surface area (Å²) >= 11 is 1.45. The highest BCUT2D eigenvalue weighted by atomic mass is 32.1. The molecule has 3 atom stereocenters. The maximum Gasteiger partial charge on any atom is 0.348 e. The first kappa shape index (κ1) is 25.2. The van der Waals surface area contributed by atoms with E-state index in [2.05, 4.69) is 31.2 Å². The number of likely N-dealkylation sites (tertiary alicyclic amines) is 1. The second-order valence-electron chi connectivity index (χ2n) is 8.78. The predicted octanol–water partition coefficient (Wildman–Crippen LogP) is 5.03. The molecule has 2 heterocycles. The standard InChI is InChI=1S/C27H35NO4S/c1-20(8-6-11-21-9-4-3-5-10-21)24(29)16-13-22-14-18-26(30)28(22)19-7-12-23-15-17-25(33-23)27(31)32-2/h3-5,9-10,13,15-17,20,22,24,29H,6-8,11-12,14,18-19H2,1-2H3/b16-13+/t20-,22-,24+/m0/s1. The number of nitrogens with zero attached hydrogens (tertiary/aromatic N) is 1. The van der Waals surface area contributed by atoms with E-state index in [0.717, 1.165) is 43.4 Å². The number of benzene rings is 1. The fourth-order valence-corrected chi connectivity index (χ4v) is 5.24. The largest absolute Gasteiger partial charge is 0.465 e. The van der Waals surface area contributed by atoms with Crippen molar-refractivity contribution in [1.82, 2.24) is 4.90 Å². The molecule has 1 saturated heterocycles. The van der Waals surface area contributed by atoms with E-state index in [4.69, 9.17) is 4.74 Å². The number of hydrogen-bond acceptors (Lipinski definition) is 5. The number of thiophene rings is 1. The maximum absolute atomic E-state index is 12.4. The molecule has 2 aromatic rings. The fourth-order valence-electron chi connectivity index (χ4n) is 4.27. The number of carbonyl (C=O) groups excluding carboxylic acids is 2. The highest BCUT2D eigenvalue weighted by Gasteiger charge is 2.28. The summed E-state index contributed by atoms with van der Waals surface area (Å²) in [4.78, 5) is 27.6. The Hall–Kier alpha value is -2.44. The monoisotopic (exact) mass is 469 g/mol. The molecule has 1 N–H and O–H groups in total. The van der Waals surface area contributed by atoms with Crippen molar-refractivity contribution in [2.45, 2.75) is 64.0 Å². The molecule has 3 rings (SSSR count). The van der Waals surface area contributed by atoms with Crippen molar-refractivity contribution in [1.29, 1.82) is 0 Å². The van der Waals surface area contributed by atoms with Gasteiger partial charge in [-0.1, -0.05) is 49.4 Å². The first-order valence-corrected chi connectivity index (χ1v) is 12.7. The van der Waals surface area contributed by atoms with Gasteiger partial charge in [0.2, 0.25) is 5.91 Å². The molecule has 0 saturated carbocycles. The molecule has 1 aliphatic rings. The molecule has 6 heteroatoms. The first-order valence-electron chi connectivity index (χ1n) is 11.8. The minimum absolute atomic E-state index is 0.0534. The Kier molecular flexibility index (Phi) is 9.70. The summed E-state index contributed by atoms with van der Waals surface area (Å²) in [6.45, 7) is 2.77. The Balaban J connectivity index is 1.43. The summed E-state index contributed by atoms with van der Waals surface area (Å²) in [6.07, 6.45) is 9.46. The van der Waals surface area contributed by atoms with Gasteiger partial charge in [-0.3, -0.25) is 4.79 Å². The zero-order valence-electron chi connectivity index (χ0n) is 19.6. The lowest BCUT2D eigenvalue weighted by atomic mass is 9.95. The van der Waals surface area contributed by atoms with Crippen molar-refractivity contribution in [2.75, 3.05) is 13.7 Å². The Morgan fingerprint density at radius 3 is 2.76 bits per heavy atom. The predicted molar refractivity (Wildman–Crippen MR) is 132 cm³/mol. The molecular weight excluding hydrogens is 434 g/mol. The number of aryl methyl sites for hydroxylation is 2. The van der Waals surface area contributed by atoms with Crippen LogP contribution in [0.15, 0.2) is 54.6 Å². The van der Waals surface area contributed by atoms with Crippen molar-refractivity contribution >= 4 is 23.2 Å². The third-order valence-electron chi connectivity index (χ3n) is 6.33. The van der Waals surface area contributed by atoms with Gasteiger partial charge in [-0.15, -0.1) is 11.3 Å². The van der Waals surface area contributed by atoms with Crippen LogP contribution >= 0.6 is 11.3 Å². The molecule has 0 aliphatic carbocycles. The number of methoxy groups -OCH3 is 1. The molecule has 0 bridgehead atoms. The van der Waals surface area contributed by atoms with E-state index < -0.39 is 6.10 Å². The van der Waals surface area contributed by atoms with Crippen molar-refractivity contribution in [3.63, 3.8) is 0 Å². The number of rotatable bonds is 12. The summed E-state index contributed by atoms with van der Waals surface area (Å²) in [5, 5.41) is 10.6. The van der Waals surface area contributed by atoms with Gasteiger partial charge in [0.15, 0.2) is 0 Å². The average Bonchev–Trinajstić information content (AvgIpc) is 3.44. The Morgan fingerprint density at radius 2 is 2.00 bits per heavy atom. The highest BCUT2D eigenvalue weighted by Crippen LogP contribution is 2.23. The zero-order chi connectivity index (χ0) is 23.6. The van der Waals surface area contributed by atoms with Crippen LogP contribution < -0.4 is 0 Å². The van der Waals surface area contributed by atoms with E-state index in [9.17, 15) is 14.7 Å². The van der Waals surface area contributed by atoms with E-state index in [1.165, 1.54) is 24.0 Å². The van der Waals surface area contributed by atoms with Crippen molar-refractivity contribution in [3.05, 3.63) is 69.9 Å². The molecule has 178 valence electrons. The third kappa shape index (κ3) is 7.54. The van der Waals surface area contributed by atoms with Crippen LogP contribution in [0.3, 0.4) is 0 Å². The highest BCUT2D eigenvalue weighted by molar-refractivity contribution is 7.13. The molecule has 1 aliphatic heterocycles. The summed E-state index contributed by atoms with van der Waals surface area (Å²) in [7, 11) is 1.39. The van der Waals surface area contributed by atoms with Gasteiger partial charge in [0.05, 0.1) is 19.3 Å². The molecule has 33 heavy (non-hydrogen) atoms. The summed E-state index contributed by atoms with van der Waals surface area (Å²) < 4.78 is 4.76. The van der Waals surface area contributed by atoms with Crippen molar-refractivity contribution in [3.8, 4) is 0 Å². The number of aliphatic hydroxyl groups excluding tert-OH is 1. The van der Waals surface area contributed by atoms with E-state index in [-0.39, 0.29) is 23.8 Å². The number of ether oxygens (including phenoxy) is 1. The lowest BCUT2D eigenvalue weighted by molar-refractivity contribution is -0.128. The molecule has 5 nitrogen and oxygen atoms in total. The maximum atomic E-state index is 12.4. The topological polar surface area (TPSA) is 66.8 Å². The van der Waals surface area contributed by atoms with Crippen LogP contribution in [0.2, 0.25) is 0 Å². The Bertz CT molecular complexity index is 923. The minimum atomic E-state index is -0.499. The van der Waals surface area contributed by atoms with Gasteiger partial charge in [0, 0.05) is 17.8 Å². The van der Waals surface area contributed by atoms with E-state index in [0.29, 0.717) is 17.8 Å². The third-order valence-corrected chi connectivity index (χ3v) is 7.45.